The van der Waals surface area contributed by atoms with E-state index < -0.39 is 5.92 Å². The number of aliphatic hydroxyl groups is 1. The number of carbonyl (C=O) groups excluding carboxylic acids is 4. The Morgan fingerprint density at radius 3 is 2.30 bits per heavy atom. The molecule has 0 aromatic heterocycles. The number of unbranched alkanes of at least 4 members (excludes halogenated alkanes) is 1. The average Bonchev–Trinajstić information content (AvgIpc) is 3.04. The molecule has 11 heteroatoms. The van der Waals surface area contributed by atoms with Crippen molar-refractivity contribution in [3.05, 3.63) is 42.0 Å². The van der Waals surface area contributed by atoms with E-state index in [1.54, 1.807) is 30.8 Å². The molecule has 1 aromatic rings. The second-order valence-electron chi connectivity index (χ2n) is 11.5. The summed E-state index contributed by atoms with van der Waals surface area (Å²) in [4.78, 5) is 48.8. The monoisotopic (exact) mass is 680 g/mol. The summed E-state index contributed by atoms with van der Waals surface area (Å²) in [7, 11) is 0. The maximum Gasteiger partial charge on any atom is 0.311 e. The van der Waals surface area contributed by atoms with Crippen LogP contribution in [-0.2, 0) is 44.5 Å². The van der Waals surface area contributed by atoms with Crippen LogP contribution >= 0.6 is 11.8 Å². The highest BCUT2D eigenvalue weighted by molar-refractivity contribution is 7.99. The van der Waals surface area contributed by atoms with Crippen molar-refractivity contribution in [1.29, 1.82) is 0 Å². The number of phenols is 1. The number of allylic oxidation sites excluding steroid dienone is 1. The first-order valence-electron chi connectivity index (χ1n) is 16.9. The molecule has 2 atom stereocenters. The fourth-order valence-corrected chi connectivity index (χ4v) is 5.52. The normalized spacial score (nSPS) is 12.2. The van der Waals surface area contributed by atoms with E-state index in [1.165, 1.54) is 0 Å². The van der Waals surface area contributed by atoms with E-state index in [1.807, 2.05) is 19.1 Å². The van der Waals surface area contributed by atoms with Gasteiger partial charge in [-0.15, -0.1) is 6.58 Å². The van der Waals surface area contributed by atoms with Gasteiger partial charge in [-0.05, 0) is 88.8 Å². The molecule has 2 N–H and O–H groups in total. The Bertz CT molecular complexity index is 1060. The van der Waals surface area contributed by atoms with Crippen LogP contribution in [0.2, 0.25) is 0 Å². The highest BCUT2D eigenvalue weighted by atomic mass is 32.2. The van der Waals surface area contributed by atoms with Gasteiger partial charge < -0.3 is 29.2 Å². The van der Waals surface area contributed by atoms with Crippen LogP contribution < -0.4 is 0 Å². The Balaban J connectivity index is 2.23. The quantitative estimate of drug-likeness (QED) is 0.0451. The molecular weight excluding hydrogens is 624 g/mol. The number of ketones is 1. The molecule has 0 radical (unpaired) electrons. The molecule has 47 heavy (non-hydrogen) atoms. The fraction of sp³-hybridized carbons (Fsp3) is 0.667. The lowest BCUT2D eigenvalue weighted by Crippen LogP contribution is -2.25. The summed E-state index contributed by atoms with van der Waals surface area (Å²) in [6.07, 6.45) is 7.96. The van der Waals surface area contributed by atoms with Gasteiger partial charge in [0.15, 0.2) is 0 Å². The van der Waals surface area contributed by atoms with Gasteiger partial charge in [0, 0.05) is 37.4 Å². The van der Waals surface area contributed by atoms with Crippen LogP contribution in [-0.4, -0.2) is 85.1 Å². The second-order valence-corrected chi connectivity index (χ2v) is 12.7. The van der Waals surface area contributed by atoms with Crippen LogP contribution in [0, 0.1) is 18.8 Å². The number of hydrogen-bond acceptors (Lipinski definition) is 11. The van der Waals surface area contributed by atoms with Gasteiger partial charge in [-0.2, -0.15) is 11.8 Å². The summed E-state index contributed by atoms with van der Waals surface area (Å²) >= 11 is 1.63. The number of phenolic OH excluding ortho intramolecular Hbond substituents is 1. The molecule has 0 spiro atoms. The van der Waals surface area contributed by atoms with Crippen LogP contribution in [0.1, 0.15) is 88.7 Å². The van der Waals surface area contributed by atoms with Crippen molar-refractivity contribution in [2.24, 2.45) is 11.8 Å². The number of thioether (sulfide) groups is 1. The third-order valence-electron chi connectivity index (χ3n) is 7.51. The lowest BCUT2D eigenvalue weighted by Gasteiger charge is -2.17. The van der Waals surface area contributed by atoms with Crippen molar-refractivity contribution in [3.8, 4) is 5.75 Å². The van der Waals surface area contributed by atoms with E-state index >= 15 is 0 Å². The molecule has 0 bridgehead atoms. The number of aromatic hydroxyl groups is 1. The summed E-state index contributed by atoms with van der Waals surface area (Å²) in [5, 5.41) is 19.1. The van der Waals surface area contributed by atoms with E-state index in [2.05, 4.69) is 6.58 Å². The molecular formula is C36H56O10S. The van der Waals surface area contributed by atoms with Gasteiger partial charge >= 0.3 is 17.9 Å². The van der Waals surface area contributed by atoms with Crippen LogP contribution in [0.5, 0.6) is 5.75 Å². The molecule has 0 saturated heterocycles. The van der Waals surface area contributed by atoms with Gasteiger partial charge in [-0.3, -0.25) is 19.2 Å². The summed E-state index contributed by atoms with van der Waals surface area (Å²) < 4.78 is 21.5. The van der Waals surface area contributed by atoms with E-state index in [4.69, 9.17) is 18.9 Å². The number of aliphatic hydroxyl groups excluding tert-OH is 1. The zero-order valence-corrected chi connectivity index (χ0v) is 29.2. The van der Waals surface area contributed by atoms with E-state index in [-0.39, 0.29) is 61.8 Å². The molecule has 0 amide bonds. The third-order valence-corrected chi connectivity index (χ3v) is 8.45. The van der Waals surface area contributed by atoms with Crippen molar-refractivity contribution >= 4 is 35.5 Å². The van der Waals surface area contributed by atoms with Crippen molar-refractivity contribution in [2.75, 3.05) is 51.1 Å². The zero-order valence-electron chi connectivity index (χ0n) is 28.4. The maximum absolute atomic E-state index is 12.7. The number of benzene rings is 1. The van der Waals surface area contributed by atoms with E-state index in [9.17, 15) is 29.4 Å². The van der Waals surface area contributed by atoms with Gasteiger partial charge in [0.2, 0.25) is 0 Å². The molecule has 0 aliphatic carbocycles. The molecule has 0 fully saturated rings. The van der Waals surface area contributed by atoms with Crippen LogP contribution in [0.4, 0.5) is 0 Å². The topological polar surface area (TPSA) is 146 Å². The van der Waals surface area contributed by atoms with E-state index in [0.29, 0.717) is 88.9 Å². The molecule has 0 aliphatic heterocycles. The van der Waals surface area contributed by atoms with Gasteiger partial charge in [-0.25, -0.2) is 0 Å². The summed E-state index contributed by atoms with van der Waals surface area (Å²) in [6.45, 7) is 8.66. The highest BCUT2D eigenvalue weighted by Gasteiger charge is 2.22. The first-order chi connectivity index (χ1) is 22.7. The number of hydrogen-bond donors (Lipinski definition) is 2. The molecule has 10 nitrogen and oxygen atoms in total. The number of ether oxygens (including phenoxy) is 4. The summed E-state index contributed by atoms with van der Waals surface area (Å²) in [5.41, 5.74) is 1.87. The molecule has 1 aromatic carbocycles. The molecule has 1 rings (SSSR count). The Hall–Kier alpha value is -2.89. The fourth-order valence-electron chi connectivity index (χ4n) is 4.71. The lowest BCUT2D eigenvalue weighted by molar-refractivity contribution is -0.151. The van der Waals surface area contributed by atoms with Crippen molar-refractivity contribution in [3.63, 3.8) is 0 Å². The number of aryl methyl sites for hydroxylation is 2. The second kappa shape index (κ2) is 27.1. The van der Waals surface area contributed by atoms with Crippen molar-refractivity contribution < 1.29 is 48.3 Å². The Labute approximate surface area is 285 Å². The Kier molecular flexibility index (Phi) is 24.3. The molecule has 266 valence electrons. The minimum atomic E-state index is -0.493. The molecule has 0 aliphatic rings. The number of rotatable bonds is 29. The molecule has 0 saturated carbocycles. The number of carbonyl (C=O) groups is 4. The number of Topliss-reactive ketones (excluding diaryl/α,β-unsaturated/α-hetero) is 1. The highest BCUT2D eigenvalue weighted by Crippen LogP contribution is 2.19. The minimum Gasteiger partial charge on any atom is -0.508 e. The van der Waals surface area contributed by atoms with Gasteiger partial charge in [-0.1, -0.05) is 18.2 Å². The summed E-state index contributed by atoms with van der Waals surface area (Å²) in [6, 6.07) is 5.62. The minimum absolute atomic E-state index is 0.0324. The lowest BCUT2D eigenvalue weighted by atomic mass is 10.00. The Morgan fingerprint density at radius 2 is 1.60 bits per heavy atom. The van der Waals surface area contributed by atoms with Crippen LogP contribution in [0.25, 0.3) is 0 Å². The largest absolute Gasteiger partial charge is 0.508 e. The van der Waals surface area contributed by atoms with Crippen molar-refractivity contribution in [1.82, 2.24) is 0 Å². The van der Waals surface area contributed by atoms with Crippen molar-refractivity contribution in [2.45, 2.75) is 90.9 Å². The predicted octanol–water partition coefficient (Wildman–Crippen LogP) is 5.91. The average molecular weight is 681 g/mol. The maximum atomic E-state index is 12.7. The van der Waals surface area contributed by atoms with Gasteiger partial charge in [0.1, 0.15) is 11.5 Å². The first kappa shape index (κ1) is 42.1. The summed E-state index contributed by atoms with van der Waals surface area (Å²) in [5.74, 6) is 0.0599. The SMILES string of the molecule is C=CCC(CCCOC(=O)C(CCCO)COCCSCCC(=O)CCCc1ccc(C)c(O)c1)C(=O)OCCCCC(=O)OCC. The standard InChI is InChI=1S/C36H56O10S/c1-4-11-30(35(41)45-21-7-6-16-34(40)44-5-2)14-10-22-46-36(42)31(13-9-20-37)27-43-23-25-47-24-19-32(38)15-8-12-29-18-17-28(3)33(39)26-29/h4,17-18,26,30-31,37,39H,1,5-16,19-25,27H2,2-3H3. The van der Waals surface area contributed by atoms with E-state index in [0.717, 1.165) is 24.0 Å². The first-order valence-corrected chi connectivity index (χ1v) is 18.0. The zero-order chi connectivity index (χ0) is 34.7. The Morgan fingerprint density at radius 1 is 0.872 bits per heavy atom. The van der Waals surface area contributed by atoms with Gasteiger partial charge in [0.05, 0.1) is 44.9 Å². The molecule has 2 unspecified atom stereocenters. The van der Waals surface area contributed by atoms with Crippen LogP contribution in [0.3, 0.4) is 0 Å². The van der Waals surface area contributed by atoms with Gasteiger partial charge in [0.25, 0.3) is 0 Å². The predicted molar refractivity (Wildman–Crippen MR) is 183 cm³/mol. The molecule has 0 heterocycles. The smallest absolute Gasteiger partial charge is 0.311 e. The third kappa shape index (κ3) is 20.9. The number of esters is 3. The van der Waals surface area contributed by atoms with Crippen LogP contribution in [0.15, 0.2) is 30.9 Å².